The molecule has 0 bridgehead atoms. The second kappa shape index (κ2) is 4.30. The minimum atomic E-state index is -0.726. The fraction of sp³-hybridized carbons (Fsp3) is 0.909. The van der Waals surface area contributed by atoms with Gasteiger partial charge in [-0.3, -0.25) is 4.79 Å². The molecule has 1 atom stereocenters. The second-order valence-electron chi connectivity index (χ2n) is 4.80. The van der Waals surface area contributed by atoms with Crippen molar-refractivity contribution in [2.24, 2.45) is 23.0 Å². The highest BCUT2D eigenvalue weighted by molar-refractivity contribution is 5.75. The van der Waals surface area contributed by atoms with Gasteiger partial charge >= 0.3 is 5.97 Å². The number of carboxylic acid groups (broad SMARTS) is 1. The molecule has 1 aliphatic rings. The lowest BCUT2D eigenvalue weighted by atomic mass is 9.73. The average Bonchev–Trinajstić information content (AvgIpc) is 2.88. The number of carboxylic acids is 1. The van der Waals surface area contributed by atoms with Crippen LogP contribution in [0.15, 0.2) is 0 Å². The van der Waals surface area contributed by atoms with E-state index >= 15 is 0 Å². The predicted octanol–water partition coefficient (Wildman–Crippen LogP) is 1.86. The Labute approximate surface area is 85.7 Å². The maximum absolute atomic E-state index is 11.2. The van der Waals surface area contributed by atoms with E-state index in [4.69, 9.17) is 5.73 Å². The molecule has 0 aromatic heterocycles. The summed E-state index contributed by atoms with van der Waals surface area (Å²) >= 11 is 0. The minimum absolute atomic E-state index is 0.115. The number of aliphatic carboxylic acids is 1. The normalized spacial score (nSPS) is 20.9. The van der Waals surface area contributed by atoms with Gasteiger partial charge in [0.1, 0.15) is 0 Å². The first kappa shape index (κ1) is 11.5. The molecule has 1 unspecified atom stereocenters. The Balaban J connectivity index is 2.60. The zero-order valence-corrected chi connectivity index (χ0v) is 9.12. The van der Waals surface area contributed by atoms with Gasteiger partial charge in [-0.15, -0.1) is 0 Å². The van der Waals surface area contributed by atoms with E-state index in [1.54, 1.807) is 0 Å². The van der Waals surface area contributed by atoms with Gasteiger partial charge in [0.2, 0.25) is 0 Å². The summed E-state index contributed by atoms with van der Waals surface area (Å²) in [5, 5.41) is 9.25. The lowest BCUT2D eigenvalue weighted by Crippen LogP contribution is -2.43. The third-order valence-electron chi connectivity index (χ3n) is 3.59. The summed E-state index contributed by atoms with van der Waals surface area (Å²) in [6.45, 7) is 4.16. The summed E-state index contributed by atoms with van der Waals surface area (Å²) in [5.74, 6) is 0.165. The molecule has 14 heavy (non-hydrogen) atoms. The van der Waals surface area contributed by atoms with Gasteiger partial charge in [0.25, 0.3) is 0 Å². The molecule has 1 rings (SSSR count). The summed E-state index contributed by atoms with van der Waals surface area (Å²) in [5.41, 5.74) is 4.94. The largest absolute Gasteiger partial charge is 0.481 e. The molecule has 3 heteroatoms. The molecule has 3 N–H and O–H groups in total. The van der Waals surface area contributed by atoms with Crippen molar-refractivity contribution < 1.29 is 9.90 Å². The fourth-order valence-corrected chi connectivity index (χ4v) is 1.94. The molecule has 0 aliphatic heterocycles. The summed E-state index contributed by atoms with van der Waals surface area (Å²) < 4.78 is 0. The summed E-state index contributed by atoms with van der Waals surface area (Å²) in [6, 6.07) is 0. The molecular weight excluding hydrogens is 178 g/mol. The summed E-state index contributed by atoms with van der Waals surface area (Å²) in [4.78, 5) is 11.2. The van der Waals surface area contributed by atoms with Gasteiger partial charge in [-0.25, -0.2) is 0 Å². The van der Waals surface area contributed by atoms with Crippen molar-refractivity contribution in [2.75, 3.05) is 6.54 Å². The highest BCUT2D eigenvalue weighted by Crippen LogP contribution is 2.40. The van der Waals surface area contributed by atoms with Gasteiger partial charge in [-0.05, 0) is 24.7 Å². The van der Waals surface area contributed by atoms with Gasteiger partial charge in [-0.1, -0.05) is 26.7 Å². The lowest BCUT2D eigenvalue weighted by Gasteiger charge is -2.32. The molecule has 1 saturated carbocycles. The summed E-state index contributed by atoms with van der Waals surface area (Å²) in [7, 11) is 0. The SMILES string of the molecule is CC(C)C(CN)(CCC1CC1)C(=O)O. The number of carbonyl (C=O) groups is 1. The van der Waals surface area contributed by atoms with Crippen LogP contribution in [-0.4, -0.2) is 17.6 Å². The molecule has 82 valence electrons. The number of rotatable bonds is 6. The Kier molecular flexibility index (Phi) is 3.53. The zero-order chi connectivity index (χ0) is 10.8. The Hall–Kier alpha value is -0.570. The monoisotopic (exact) mass is 199 g/mol. The molecular formula is C11H21NO2. The first-order valence-corrected chi connectivity index (χ1v) is 5.46. The molecule has 0 aromatic rings. The van der Waals surface area contributed by atoms with Crippen LogP contribution in [0, 0.1) is 17.3 Å². The smallest absolute Gasteiger partial charge is 0.311 e. The van der Waals surface area contributed by atoms with Crippen molar-refractivity contribution in [3.05, 3.63) is 0 Å². The van der Waals surface area contributed by atoms with Crippen LogP contribution in [-0.2, 0) is 4.79 Å². The molecule has 3 nitrogen and oxygen atoms in total. The zero-order valence-electron chi connectivity index (χ0n) is 9.12. The number of hydrogen-bond acceptors (Lipinski definition) is 2. The molecule has 0 spiro atoms. The van der Waals surface area contributed by atoms with Crippen LogP contribution in [0.2, 0.25) is 0 Å². The number of hydrogen-bond donors (Lipinski definition) is 2. The van der Waals surface area contributed by atoms with Crippen LogP contribution in [0.3, 0.4) is 0 Å². The van der Waals surface area contributed by atoms with Crippen LogP contribution in [0.1, 0.15) is 39.5 Å². The molecule has 0 amide bonds. The van der Waals surface area contributed by atoms with E-state index in [2.05, 4.69) is 0 Å². The summed E-state index contributed by atoms with van der Waals surface area (Å²) in [6.07, 6.45) is 4.32. The van der Waals surface area contributed by atoms with E-state index in [-0.39, 0.29) is 12.5 Å². The minimum Gasteiger partial charge on any atom is -0.481 e. The topological polar surface area (TPSA) is 63.3 Å². The van der Waals surface area contributed by atoms with Crippen molar-refractivity contribution in [1.29, 1.82) is 0 Å². The average molecular weight is 199 g/mol. The van der Waals surface area contributed by atoms with Gasteiger partial charge in [0, 0.05) is 6.54 Å². The maximum Gasteiger partial charge on any atom is 0.311 e. The fourth-order valence-electron chi connectivity index (χ4n) is 1.94. The van der Waals surface area contributed by atoms with Crippen molar-refractivity contribution in [2.45, 2.75) is 39.5 Å². The predicted molar refractivity (Wildman–Crippen MR) is 55.9 cm³/mol. The van der Waals surface area contributed by atoms with Crippen molar-refractivity contribution in [3.63, 3.8) is 0 Å². The van der Waals surface area contributed by atoms with E-state index in [1.807, 2.05) is 13.8 Å². The Bertz CT molecular complexity index is 211. The second-order valence-corrected chi connectivity index (χ2v) is 4.80. The maximum atomic E-state index is 11.2. The van der Waals surface area contributed by atoms with Gasteiger partial charge < -0.3 is 10.8 Å². The van der Waals surface area contributed by atoms with Gasteiger partial charge in [0.15, 0.2) is 0 Å². The molecule has 0 heterocycles. The molecule has 0 radical (unpaired) electrons. The van der Waals surface area contributed by atoms with Crippen LogP contribution in [0.25, 0.3) is 0 Å². The third-order valence-corrected chi connectivity index (χ3v) is 3.59. The molecule has 1 aliphatic carbocycles. The number of nitrogens with two attached hydrogens (primary N) is 1. The van der Waals surface area contributed by atoms with Gasteiger partial charge in [-0.2, -0.15) is 0 Å². The van der Waals surface area contributed by atoms with Gasteiger partial charge in [0.05, 0.1) is 5.41 Å². The van der Waals surface area contributed by atoms with Crippen molar-refractivity contribution in [3.8, 4) is 0 Å². The van der Waals surface area contributed by atoms with E-state index in [0.29, 0.717) is 0 Å². The highest BCUT2D eigenvalue weighted by Gasteiger charge is 2.41. The first-order chi connectivity index (χ1) is 6.53. The third kappa shape index (κ3) is 2.27. The van der Waals surface area contributed by atoms with Crippen LogP contribution in [0.4, 0.5) is 0 Å². The molecule has 1 fully saturated rings. The van der Waals surface area contributed by atoms with Crippen LogP contribution in [0.5, 0.6) is 0 Å². The van der Waals surface area contributed by atoms with E-state index in [0.717, 1.165) is 18.8 Å². The Morgan fingerprint density at radius 3 is 2.43 bits per heavy atom. The first-order valence-electron chi connectivity index (χ1n) is 5.46. The van der Waals surface area contributed by atoms with Crippen LogP contribution < -0.4 is 5.73 Å². The van der Waals surface area contributed by atoms with E-state index in [1.165, 1.54) is 12.8 Å². The molecule has 0 saturated heterocycles. The van der Waals surface area contributed by atoms with E-state index < -0.39 is 11.4 Å². The highest BCUT2D eigenvalue weighted by atomic mass is 16.4. The van der Waals surface area contributed by atoms with Crippen LogP contribution >= 0.6 is 0 Å². The Morgan fingerprint density at radius 2 is 2.14 bits per heavy atom. The standard InChI is InChI=1S/C11H21NO2/c1-8(2)11(7-12,10(13)14)6-5-9-3-4-9/h8-9H,3-7,12H2,1-2H3,(H,13,14). The quantitative estimate of drug-likeness (QED) is 0.686. The molecule has 0 aromatic carbocycles. The Morgan fingerprint density at radius 1 is 1.57 bits per heavy atom. The lowest BCUT2D eigenvalue weighted by molar-refractivity contribution is -0.151. The van der Waals surface area contributed by atoms with Crippen molar-refractivity contribution >= 4 is 5.97 Å². The van der Waals surface area contributed by atoms with E-state index in [9.17, 15) is 9.90 Å². The van der Waals surface area contributed by atoms with Crippen molar-refractivity contribution in [1.82, 2.24) is 0 Å².